The third-order valence-corrected chi connectivity index (χ3v) is 5.83. The molecule has 4 heteroatoms. The molecule has 4 atom stereocenters. The summed E-state index contributed by atoms with van der Waals surface area (Å²) < 4.78 is 5.72. The van der Waals surface area contributed by atoms with Gasteiger partial charge in [0, 0.05) is 11.3 Å². The predicted molar refractivity (Wildman–Crippen MR) is 68.2 cm³/mol. The van der Waals surface area contributed by atoms with Crippen molar-refractivity contribution >= 4 is 11.8 Å². The van der Waals surface area contributed by atoms with Crippen molar-refractivity contribution in [1.82, 2.24) is 0 Å². The van der Waals surface area contributed by atoms with E-state index in [-0.39, 0.29) is 24.3 Å². The van der Waals surface area contributed by atoms with E-state index in [1.807, 2.05) is 13.8 Å². The minimum absolute atomic E-state index is 0.0166. The molecular formula is C15H20O4. The van der Waals surface area contributed by atoms with Gasteiger partial charge in [0.1, 0.15) is 0 Å². The second kappa shape index (κ2) is 3.48. The van der Waals surface area contributed by atoms with Crippen molar-refractivity contribution < 1.29 is 19.4 Å². The van der Waals surface area contributed by atoms with Gasteiger partial charge < -0.3 is 9.84 Å². The minimum Gasteiger partial charge on any atom is -0.451 e. The Morgan fingerprint density at radius 3 is 2.68 bits per heavy atom. The molecule has 4 nitrogen and oxygen atoms in total. The van der Waals surface area contributed by atoms with Crippen molar-refractivity contribution in [2.75, 3.05) is 6.61 Å². The van der Waals surface area contributed by atoms with E-state index in [0.29, 0.717) is 12.0 Å². The van der Waals surface area contributed by atoms with Crippen molar-refractivity contribution in [2.45, 2.75) is 45.6 Å². The lowest BCUT2D eigenvalue weighted by molar-refractivity contribution is -0.243. The van der Waals surface area contributed by atoms with Gasteiger partial charge in [0.05, 0.1) is 12.0 Å². The highest BCUT2D eigenvalue weighted by Gasteiger charge is 2.71. The number of esters is 1. The number of ketones is 1. The van der Waals surface area contributed by atoms with Crippen molar-refractivity contribution in [1.29, 1.82) is 0 Å². The van der Waals surface area contributed by atoms with Gasteiger partial charge in [0.25, 0.3) is 0 Å². The highest BCUT2D eigenvalue weighted by atomic mass is 16.6. The SMILES string of the molecule is CC1=CC(=O)[C@H]2[C@]3(C)CCC[C@@]2(C)[C@@]1(CO)OC3=O. The van der Waals surface area contributed by atoms with E-state index in [1.165, 1.54) is 0 Å². The third-order valence-electron chi connectivity index (χ3n) is 5.83. The van der Waals surface area contributed by atoms with E-state index < -0.39 is 16.4 Å². The van der Waals surface area contributed by atoms with Crippen LogP contribution in [-0.2, 0) is 14.3 Å². The molecule has 3 aliphatic rings. The number of hydrogen-bond acceptors (Lipinski definition) is 4. The summed E-state index contributed by atoms with van der Waals surface area (Å²) in [6.45, 7) is 5.36. The zero-order valence-corrected chi connectivity index (χ0v) is 11.7. The number of hydrogen-bond donors (Lipinski definition) is 1. The molecule has 1 saturated heterocycles. The van der Waals surface area contributed by atoms with Gasteiger partial charge in [-0.2, -0.15) is 0 Å². The summed E-state index contributed by atoms with van der Waals surface area (Å²) in [6.07, 6.45) is 3.95. The van der Waals surface area contributed by atoms with Gasteiger partial charge in [-0.05, 0) is 38.3 Å². The molecule has 0 aromatic heterocycles. The number of rotatable bonds is 1. The molecule has 19 heavy (non-hydrogen) atoms. The molecule has 2 aliphatic carbocycles. The quantitative estimate of drug-likeness (QED) is 0.731. The Bertz CT molecular complexity index is 508. The van der Waals surface area contributed by atoms with Crippen molar-refractivity contribution in [2.24, 2.45) is 16.7 Å². The predicted octanol–water partition coefficient (Wildman–Crippen LogP) is 1.62. The van der Waals surface area contributed by atoms with Gasteiger partial charge in [-0.1, -0.05) is 13.3 Å². The van der Waals surface area contributed by atoms with Crippen LogP contribution in [0.1, 0.15) is 40.0 Å². The van der Waals surface area contributed by atoms with Crippen LogP contribution in [0.2, 0.25) is 0 Å². The van der Waals surface area contributed by atoms with Crippen LogP contribution in [0.15, 0.2) is 11.6 Å². The molecule has 1 heterocycles. The lowest BCUT2D eigenvalue weighted by Crippen LogP contribution is -2.71. The summed E-state index contributed by atoms with van der Waals surface area (Å²) in [7, 11) is 0. The van der Waals surface area contributed by atoms with Crippen LogP contribution in [0.4, 0.5) is 0 Å². The van der Waals surface area contributed by atoms with Gasteiger partial charge >= 0.3 is 5.97 Å². The average Bonchev–Trinajstić information content (AvgIpc) is 2.32. The molecule has 2 fully saturated rings. The minimum atomic E-state index is -1.01. The Morgan fingerprint density at radius 2 is 2.05 bits per heavy atom. The molecule has 0 radical (unpaired) electrons. The normalized spacial score (nSPS) is 48.6. The molecule has 3 rings (SSSR count). The maximum absolute atomic E-state index is 12.5. The number of aliphatic hydroxyl groups is 1. The van der Waals surface area contributed by atoms with Gasteiger partial charge in [-0.3, -0.25) is 9.59 Å². The Balaban J connectivity index is 2.31. The Morgan fingerprint density at radius 1 is 1.37 bits per heavy atom. The lowest BCUT2D eigenvalue weighted by atomic mass is 9.44. The molecule has 0 amide bonds. The van der Waals surface area contributed by atoms with Crippen LogP contribution in [-0.4, -0.2) is 29.1 Å². The van der Waals surface area contributed by atoms with Crippen molar-refractivity contribution in [3.05, 3.63) is 11.6 Å². The molecule has 4 bridgehead atoms. The second-order valence-corrected chi connectivity index (χ2v) is 6.73. The van der Waals surface area contributed by atoms with Crippen LogP contribution in [0.3, 0.4) is 0 Å². The summed E-state index contributed by atoms with van der Waals surface area (Å²) in [4.78, 5) is 24.9. The first kappa shape index (κ1) is 12.9. The topological polar surface area (TPSA) is 63.6 Å². The number of carbonyl (C=O) groups is 2. The van der Waals surface area contributed by atoms with Gasteiger partial charge in [0.2, 0.25) is 0 Å². The molecule has 104 valence electrons. The average molecular weight is 264 g/mol. The van der Waals surface area contributed by atoms with Crippen LogP contribution >= 0.6 is 0 Å². The molecule has 1 N–H and O–H groups in total. The summed E-state index contributed by atoms with van der Waals surface area (Å²) >= 11 is 0. The Kier molecular flexibility index (Phi) is 2.35. The smallest absolute Gasteiger partial charge is 0.313 e. The highest BCUT2D eigenvalue weighted by Crippen LogP contribution is 2.65. The van der Waals surface area contributed by atoms with Crippen molar-refractivity contribution in [3.63, 3.8) is 0 Å². The Hall–Kier alpha value is -1.16. The van der Waals surface area contributed by atoms with E-state index in [0.717, 1.165) is 12.8 Å². The summed E-state index contributed by atoms with van der Waals surface area (Å²) in [5, 5.41) is 9.90. The molecule has 1 aliphatic heterocycles. The zero-order valence-electron chi connectivity index (χ0n) is 11.7. The molecule has 0 aromatic rings. The number of aliphatic hydroxyl groups excluding tert-OH is 1. The zero-order chi connectivity index (χ0) is 14.1. The van der Waals surface area contributed by atoms with Gasteiger partial charge in [-0.15, -0.1) is 0 Å². The number of carbonyl (C=O) groups excluding carboxylic acids is 2. The van der Waals surface area contributed by atoms with Gasteiger partial charge in [0.15, 0.2) is 11.4 Å². The fourth-order valence-corrected chi connectivity index (χ4v) is 4.77. The van der Waals surface area contributed by atoms with Crippen molar-refractivity contribution in [3.8, 4) is 0 Å². The summed E-state index contributed by atoms with van der Waals surface area (Å²) in [5.74, 6) is -0.682. The van der Waals surface area contributed by atoms with Gasteiger partial charge in [-0.25, -0.2) is 0 Å². The molecule has 0 aromatic carbocycles. The van der Waals surface area contributed by atoms with E-state index in [2.05, 4.69) is 0 Å². The molecule has 0 unspecified atom stereocenters. The van der Waals surface area contributed by atoms with E-state index in [1.54, 1.807) is 13.0 Å². The van der Waals surface area contributed by atoms with Crippen LogP contribution in [0.25, 0.3) is 0 Å². The summed E-state index contributed by atoms with van der Waals surface area (Å²) in [6, 6.07) is 0. The van der Waals surface area contributed by atoms with E-state index >= 15 is 0 Å². The standard InChI is InChI=1S/C15H20O4/c1-9-7-10(17)11-13(2)5-4-6-14(11,3)15(9,8-16)19-12(13)18/h7,11,16H,4-6,8H2,1-3H3/t11-,13-,14+,15-/m0/s1. The monoisotopic (exact) mass is 264 g/mol. The van der Waals surface area contributed by atoms with Crippen LogP contribution < -0.4 is 0 Å². The van der Waals surface area contributed by atoms with Crippen LogP contribution in [0.5, 0.6) is 0 Å². The summed E-state index contributed by atoms with van der Waals surface area (Å²) in [5.41, 5.74) is -1.56. The van der Waals surface area contributed by atoms with E-state index in [9.17, 15) is 14.7 Å². The van der Waals surface area contributed by atoms with Crippen LogP contribution in [0, 0.1) is 16.7 Å². The fraction of sp³-hybridized carbons (Fsp3) is 0.733. The first-order valence-electron chi connectivity index (χ1n) is 6.89. The highest BCUT2D eigenvalue weighted by molar-refractivity contribution is 6.00. The lowest BCUT2D eigenvalue weighted by Gasteiger charge is -2.63. The molecule has 1 saturated carbocycles. The first-order valence-corrected chi connectivity index (χ1v) is 6.89. The fourth-order valence-electron chi connectivity index (χ4n) is 4.77. The van der Waals surface area contributed by atoms with E-state index in [4.69, 9.17) is 4.74 Å². The maximum atomic E-state index is 12.5. The first-order chi connectivity index (χ1) is 8.82. The number of ether oxygens (including phenoxy) is 1. The number of allylic oxidation sites excluding steroid dienone is 1. The Labute approximate surface area is 112 Å². The maximum Gasteiger partial charge on any atom is 0.313 e. The third kappa shape index (κ3) is 1.19. The largest absolute Gasteiger partial charge is 0.451 e. The second-order valence-electron chi connectivity index (χ2n) is 6.73. The molecule has 0 spiro atoms. The molecular weight excluding hydrogens is 244 g/mol.